The first-order chi connectivity index (χ1) is 9.51. The lowest BCUT2D eigenvalue weighted by Gasteiger charge is -2.28. The molecule has 1 saturated carbocycles. The molecule has 7 heteroatoms. The molecule has 0 spiro atoms. The minimum atomic E-state index is -0.449. The Morgan fingerprint density at radius 1 is 1.60 bits per heavy atom. The molecule has 0 saturated heterocycles. The third-order valence-electron chi connectivity index (χ3n) is 3.88. The van der Waals surface area contributed by atoms with Gasteiger partial charge in [-0.1, -0.05) is 0 Å². The number of aromatic nitrogens is 1. The molecular weight excluding hydrogens is 260 g/mol. The fraction of sp³-hybridized carbons (Fsp3) is 0.462. The highest BCUT2D eigenvalue weighted by Crippen LogP contribution is 2.41. The maximum absolute atomic E-state index is 10.7. The van der Waals surface area contributed by atoms with Crippen molar-refractivity contribution in [2.75, 3.05) is 11.9 Å². The Morgan fingerprint density at radius 3 is 2.95 bits per heavy atom. The Balaban J connectivity index is 1.90. The van der Waals surface area contributed by atoms with Crippen LogP contribution in [0.4, 0.5) is 11.7 Å². The van der Waals surface area contributed by atoms with Crippen molar-refractivity contribution in [2.24, 2.45) is 11.7 Å². The van der Waals surface area contributed by atoms with Crippen molar-refractivity contribution in [2.45, 2.75) is 25.3 Å². The lowest BCUT2D eigenvalue weighted by atomic mass is 9.96. The summed E-state index contributed by atoms with van der Waals surface area (Å²) in [6.07, 6.45) is 2.29. The highest BCUT2D eigenvalue weighted by Gasteiger charge is 2.41. The van der Waals surface area contributed by atoms with Crippen LogP contribution in [0, 0.1) is 16.0 Å². The number of hydrogen-bond acceptors (Lipinski definition) is 6. The van der Waals surface area contributed by atoms with Crippen LogP contribution in [-0.2, 0) is 0 Å². The highest BCUT2D eigenvalue weighted by atomic mass is 16.6. The van der Waals surface area contributed by atoms with Crippen LogP contribution in [0.3, 0.4) is 0 Å². The van der Waals surface area contributed by atoms with E-state index in [2.05, 4.69) is 10.3 Å². The van der Waals surface area contributed by atoms with Gasteiger partial charge in [0.15, 0.2) is 5.58 Å². The van der Waals surface area contributed by atoms with Crippen LogP contribution in [0.25, 0.3) is 11.1 Å². The largest absolute Gasteiger partial charge is 0.424 e. The Bertz CT molecular complexity index is 665. The number of oxazole rings is 1. The topological polar surface area (TPSA) is 107 Å². The number of nitro benzene ring substituents is 1. The fourth-order valence-corrected chi connectivity index (χ4v) is 2.37. The molecule has 0 radical (unpaired) electrons. The number of fused-ring (bicyclic) bond motifs is 1. The molecule has 1 fully saturated rings. The molecule has 20 heavy (non-hydrogen) atoms. The average Bonchev–Trinajstić information content (AvgIpc) is 3.19. The number of nitrogens with one attached hydrogen (secondary N) is 1. The van der Waals surface area contributed by atoms with Gasteiger partial charge in [-0.25, -0.2) is 0 Å². The molecule has 1 atom stereocenters. The number of nitrogens with zero attached hydrogens (tertiary/aromatic N) is 2. The second-order valence-corrected chi connectivity index (χ2v) is 5.45. The number of anilines is 1. The van der Waals surface area contributed by atoms with Crippen molar-refractivity contribution >= 4 is 22.8 Å². The zero-order valence-electron chi connectivity index (χ0n) is 11.1. The maximum Gasteiger partial charge on any atom is 0.296 e. The Kier molecular flexibility index (Phi) is 2.86. The molecule has 0 aliphatic heterocycles. The standard InChI is InChI=1S/C13H16N4O3/c1-13(7-14,8-2-3-8)16-12-15-10-6-9(17(18)19)4-5-11(10)20-12/h4-6,8H,2-3,7,14H2,1H3,(H,15,16). The summed E-state index contributed by atoms with van der Waals surface area (Å²) in [6, 6.07) is 4.73. The Hall–Kier alpha value is -2.15. The number of non-ortho nitro benzene ring substituents is 1. The third kappa shape index (κ3) is 2.20. The summed E-state index contributed by atoms with van der Waals surface area (Å²) in [7, 11) is 0. The molecule has 1 heterocycles. The number of nitrogens with two attached hydrogens (primary N) is 1. The van der Waals surface area contributed by atoms with E-state index in [0.29, 0.717) is 29.6 Å². The minimum absolute atomic E-state index is 0.00105. The van der Waals surface area contributed by atoms with Crippen molar-refractivity contribution in [3.8, 4) is 0 Å². The molecular formula is C13H16N4O3. The van der Waals surface area contributed by atoms with Crippen LogP contribution in [0.15, 0.2) is 22.6 Å². The van der Waals surface area contributed by atoms with E-state index < -0.39 is 4.92 Å². The van der Waals surface area contributed by atoms with Gasteiger partial charge in [-0.3, -0.25) is 10.1 Å². The summed E-state index contributed by atoms with van der Waals surface area (Å²) in [5.41, 5.74) is 6.58. The zero-order valence-corrected chi connectivity index (χ0v) is 11.1. The van der Waals surface area contributed by atoms with E-state index in [0.717, 1.165) is 12.8 Å². The van der Waals surface area contributed by atoms with E-state index in [-0.39, 0.29) is 11.2 Å². The molecule has 3 rings (SSSR count). The van der Waals surface area contributed by atoms with Crippen LogP contribution in [0.5, 0.6) is 0 Å². The van der Waals surface area contributed by atoms with E-state index in [9.17, 15) is 10.1 Å². The van der Waals surface area contributed by atoms with E-state index in [1.165, 1.54) is 12.1 Å². The molecule has 7 nitrogen and oxygen atoms in total. The lowest BCUT2D eigenvalue weighted by Crippen LogP contribution is -2.44. The average molecular weight is 276 g/mol. The van der Waals surface area contributed by atoms with Crippen LogP contribution in [0.1, 0.15) is 19.8 Å². The maximum atomic E-state index is 10.7. The number of hydrogen-bond donors (Lipinski definition) is 2. The van der Waals surface area contributed by atoms with Gasteiger partial charge in [0.05, 0.1) is 10.5 Å². The Morgan fingerprint density at radius 2 is 2.35 bits per heavy atom. The zero-order chi connectivity index (χ0) is 14.3. The summed E-state index contributed by atoms with van der Waals surface area (Å²) in [4.78, 5) is 14.6. The molecule has 0 bridgehead atoms. The van der Waals surface area contributed by atoms with Gasteiger partial charge in [0, 0.05) is 18.7 Å². The minimum Gasteiger partial charge on any atom is -0.424 e. The van der Waals surface area contributed by atoms with Crippen molar-refractivity contribution < 1.29 is 9.34 Å². The molecule has 3 N–H and O–H groups in total. The van der Waals surface area contributed by atoms with Crippen molar-refractivity contribution in [1.29, 1.82) is 0 Å². The van der Waals surface area contributed by atoms with Gasteiger partial charge in [-0.05, 0) is 31.7 Å². The molecule has 1 aromatic carbocycles. The summed E-state index contributed by atoms with van der Waals surface area (Å²) in [5.74, 6) is 0.525. The van der Waals surface area contributed by atoms with E-state index in [1.807, 2.05) is 6.92 Å². The number of benzene rings is 1. The van der Waals surface area contributed by atoms with Crippen LogP contribution >= 0.6 is 0 Å². The van der Waals surface area contributed by atoms with E-state index in [1.54, 1.807) is 6.07 Å². The summed E-state index contributed by atoms with van der Waals surface area (Å²) in [5, 5.41) is 14.0. The van der Waals surface area contributed by atoms with Gasteiger partial charge in [-0.15, -0.1) is 0 Å². The van der Waals surface area contributed by atoms with E-state index in [4.69, 9.17) is 10.2 Å². The number of nitro groups is 1. The van der Waals surface area contributed by atoms with Gasteiger partial charge in [0.25, 0.3) is 11.7 Å². The van der Waals surface area contributed by atoms with Gasteiger partial charge >= 0.3 is 0 Å². The second-order valence-electron chi connectivity index (χ2n) is 5.45. The van der Waals surface area contributed by atoms with Crippen LogP contribution in [0.2, 0.25) is 0 Å². The summed E-state index contributed by atoms with van der Waals surface area (Å²) < 4.78 is 5.58. The summed E-state index contributed by atoms with van der Waals surface area (Å²) >= 11 is 0. The summed E-state index contributed by atoms with van der Waals surface area (Å²) in [6.45, 7) is 2.53. The molecule has 0 amide bonds. The van der Waals surface area contributed by atoms with Gasteiger partial charge in [0.1, 0.15) is 5.52 Å². The third-order valence-corrected chi connectivity index (χ3v) is 3.88. The van der Waals surface area contributed by atoms with Gasteiger partial charge in [-0.2, -0.15) is 4.98 Å². The van der Waals surface area contributed by atoms with Crippen LogP contribution in [-0.4, -0.2) is 22.0 Å². The van der Waals surface area contributed by atoms with Crippen molar-refractivity contribution in [3.63, 3.8) is 0 Å². The van der Waals surface area contributed by atoms with Crippen molar-refractivity contribution in [1.82, 2.24) is 4.98 Å². The first kappa shape index (κ1) is 12.9. The van der Waals surface area contributed by atoms with Gasteiger partial charge in [0.2, 0.25) is 0 Å². The second kappa shape index (κ2) is 4.45. The first-order valence-corrected chi connectivity index (χ1v) is 6.55. The lowest BCUT2D eigenvalue weighted by molar-refractivity contribution is -0.384. The predicted octanol–water partition coefficient (Wildman–Crippen LogP) is 2.28. The predicted molar refractivity (Wildman–Crippen MR) is 74.5 cm³/mol. The molecule has 1 unspecified atom stereocenters. The number of rotatable bonds is 5. The SMILES string of the molecule is CC(CN)(Nc1nc2cc([N+](=O)[O-])ccc2o1)C1CC1. The monoisotopic (exact) mass is 276 g/mol. The molecule has 2 aromatic rings. The Labute approximate surface area is 115 Å². The van der Waals surface area contributed by atoms with Crippen molar-refractivity contribution in [3.05, 3.63) is 28.3 Å². The first-order valence-electron chi connectivity index (χ1n) is 6.55. The molecule has 1 aromatic heterocycles. The fourth-order valence-electron chi connectivity index (χ4n) is 2.37. The molecule has 1 aliphatic carbocycles. The highest BCUT2D eigenvalue weighted by molar-refractivity contribution is 5.77. The molecule has 1 aliphatic rings. The smallest absolute Gasteiger partial charge is 0.296 e. The van der Waals surface area contributed by atoms with E-state index >= 15 is 0 Å². The van der Waals surface area contributed by atoms with Crippen LogP contribution < -0.4 is 11.1 Å². The molecule has 106 valence electrons. The quantitative estimate of drug-likeness (QED) is 0.640. The van der Waals surface area contributed by atoms with Gasteiger partial charge < -0.3 is 15.5 Å². The normalized spacial score (nSPS) is 17.9.